The van der Waals surface area contributed by atoms with E-state index >= 15 is 0 Å². The quantitative estimate of drug-likeness (QED) is 0.302. The van der Waals surface area contributed by atoms with Gasteiger partial charge in [0, 0.05) is 17.5 Å². The van der Waals surface area contributed by atoms with Crippen molar-refractivity contribution >= 4 is 11.9 Å². The molecule has 0 radical (unpaired) electrons. The van der Waals surface area contributed by atoms with Crippen molar-refractivity contribution in [2.45, 2.75) is 25.9 Å². The van der Waals surface area contributed by atoms with Crippen LogP contribution in [-0.2, 0) is 9.53 Å². The summed E-state index contributed by atoms with van der Waals surface area (Å²) in [5.41, 5.74) is 4.63. The molecule has 3 N–H and O–H groups in total. The molecule has 0 unspecified atom stereocenters. The van der Waals surface area contributed by atoms with E-state index in [0.29, 0.717) is 6.42 Å². The molecule has 0 saturated carbocycles. The van der Waals surface area contributed by atoms with Crippen molar-refractivity contribution in [3.8, 4) is 0 Å². The molecule has 5 nitrogen and oxygen atoms in total. The molecule has 0 saturated heterocycles. The number of rotatable bonds is 5. The number of hydrogen-bond acceptors (Lipinski definition) is 3. The summed E-state index contributed by atoms with van der Waals surface area (Å²) < 4.78 is 25.7. The molecule has 5 heteroatoms. The van der Waals surface area contributed by atoms with E-state index in [9.17, 15) is 4.79 Å². The van der Waals surface area contributed by atoms with Crippen molar-refractivity contribution in [1.82, 2.24) is 5.32 Å². The number of nitrogens with one attached hydrogen (secondary N) is 1. The van der Waals surface area contributed by atoms with Gasteiger partial charge >= 0.3 is 5.97 Å². The molecule has 0 aliphatic heterocycles. The van der Waals surface area contributed by atoms with Gasteiger partial charge in [-0.3, -0.25) is 9.79 Å². The van der Waals surface area contributed by atoms with Crippen LogP contribution in [0.25, 0.3) is 0 Å². The van der Waals surface area contributed by atoms with Crippen LogP contribution in [0.15, 0.2) is 17.6 Å². The number of guanidine groups is 1. The van der Waals surface area contributed by atoms with Gasteiger partial charge in [0.1, 0.15) is 12.1 Å². The monoisotopic (exact) mass is 216 g/mol. The zero-order valence-electron chi connectivity index (χ0n) is 12.0. The summed E-state index contributed by atoms with van der Waals surface area (Å²) in [6.45, 7) is 4.28. The molecule has 86 valence electrons. The Morgan fingerprint density at radius 2 is 2.47 bits per heavy atom. The van der Waals surface area contributed by atoms with E-state index in [1.165, 1.54) is 0 Å². The number of nitrogens with two attached hydrogens (primary N) is 1. The van der Waals surface area contributed by atoms with Gasteiger partial charge in [-0.15, -0.1) is 6.58 Å². The predicted molar refractivity (Wildman–Crippen MR) is 60.5 cm³/mol. The Morgan fingerprint density at radius 3 is 3.00 bits per heavy atom. The fourth-order valence-electron chi connectivity index (χ4n) is 0.936. The molecule has 0 bridgehead atoms. The highest BCUT2D eigenvalue weighted by Crippen LogP contribution is 2.14. The van der Waals surface area contributed by atoms with Crippen molar-refractivity contribution < 1.29 is 13.6 Å². The second-order valence-corrected chi connectivity index (χ2v) is 3.58. The van der Waals surface area contributed by atoms with Crippen LogP contribution in [0, 0.1) is 0 Å². The van der Waals surface area contributed by atoms with E-state index in [4.69, 9.17) is 14.6 Å². The lowest BCUT2D eigenvalue weighted by atomic mass is 10.1. The van der Waals surface area contributed by atoms with Crippen LogP contribution in [0.4, 0.5) is 0 Å². The van der Waals surface area contributed by atoms with E-state index in [0.717, 1.165) is 0 Å². The topological polar surface area (TPSA) is 76.7 Å². The van der Waals surface area contributed by atoms with Crippen molar-refractivity contribution in [3.05, 3.63) is 12.7 Å². The zero-order valence-corrected chi connectivity index (χ0v) is 9.04. The highest BCUT2D eigenvalue weighted by atomic mass is 16.6. The maximum Gasteiger partial charge on any atom is 0.325 e. The smallest absolute Gasteiger partial charge is 0.325 e. The van der Waals surface area contributed by atoms with Crippen molar-refractivity contribution in [1.29, 1.82) is 0 Å². The summed E-state index contributed by atoms with van der Waals surface area (Å²) in [5, 5.41) is 2.37. The van der Waals surface area contributed by atoms with Gasteiger partial charge in [-0.05, 0) is 13.8 Å². The molecule has 0 aromatic carbocycles. The third-order valence-corrected chi connectivity index (χ3v) is 1.56. The van der Waals surface area contributed by atoms with E-state index in [-0.39, 0.29) is 12.5 Å². The minimum absolute atomic E-state index is 0.244. The fraction of sp³-hybridized carbons (Fsp3) is 0.600. The van der Waals surface area contributed by atoms with Crippen LogP contribution < -0.4 is 11.1 Å². The zero-order chi connectivity index (χ0) is 14.4. The molecule has 15 heavy (non-hydrogen) atoms. The minimum atomic E-state index is -2.52. The summed E-state index contributed by atoms with van der Waals surface area (Å²) in [6, 6.07) is 0. The molecule has 0 spiro atoms. The molecule has 0 amide bonds. The van der Waals surface area contributed by atoms with Gasteiger partial charge in [-0.2, -0.15) is 0 Å². The Morgan fingerprint density at radius 1 is 1.80 bits per heavy atom. The number of hydrogen-bond donors (Lipinski definition) is 2. The van der Waals surface area contributed by atoms with Gasteiger partial charge in [0.05, 0.1) is 0 Å². The first-order valence-corrected chi connectivity index (χ1v) is 4.48. The lowest BCUT2D eigenvalue weighted by Crippen LogP contribution is -2.39. The van der Waals surface area contributed by atoms with Gasteiger partial charge < -0.3 is 15.8 Å². The molecule has 0 rings (SSSR count). The summed E-state index contributed by atoms with van der Waals surface area (Å²) in [7, 11) is 0. The van der Waals surface area contributed by atoms with Crippen molar-refractivity contribution in [3.63, 3.8) is 0 Å². The second kappa shape index (κ2) is 6.06. The molecule has 0 aliphatic rings. The fourth-order valence-corrected chi connectivity index (χ4v) is 0.936. The van der Waals surface area contributed by atoms with Crippen LogP contribution in [0.2, 0.25) is 0 Å². The number of carbonyl (C=O) groups is 1. The van der Waals surface area contributed by atoms with Crippen LogP contribution in [0.5, 0.6) is 0 Å². The highest BCUT2D eigenvalue weighted by Gasteiger charge is 2.20. The average molecular weight is 216 g/mol. The van der Waals surface area contributed by atoms with Gasteiger partial charge in [0.15, 0.2) is 5.96 Å². The van der Waals surface area contributed by atoms with Crippen molar-refractivity contribution in [2.24, 2.45) is 10.7 Å². The number of ether oxygens (including phenoxy) is 1. The first-order valence-electron chi connectivity index (χ1n) is 5.98. The molecule has 0 atom stereocenters. The standard InChI is InChI=1S/C10H19N3O2/c1-5-6-10(2,3)15-8(14)7-13-9(11)12-4/h5H,1,6-7H2,2-4H3,(H3,11,12,13)/i4D3. The maximum absolute atomic E-state index is 11.4. The lowest BCUT2D eigenvalue weighted by molar-refractivity contribution is -0.154. The molecule has 0 aromatic heterocycles. The first-order chi connectivity index (χ1) is 8.06. The van der Waals surface area contributed by atoms with E-state index in [2.05, 4.69) is 16.9 Å². The Hall–Kier alpha value is -1.52. The largest absolute Gasteiger partial charge is 0.458 e. The molecular weight excluding hydrogens is 194 g/mol. The second-order valence-electron chi connectivity index (χ2n) is 3.58. The van der Waals surface area contributed by atoms with Gasteiger partial charge in [0.25, 0.3) is 0 Å². The Bertz CT molecular complexity index is 338. The van der Waals surface area contributed by atoms with Crippen LogP contribution in [-0.4, -0.2) is 31.1 Å². The maximum atomic E-state index is 11.4. The number of aliphatic imine (C=N–C) groups is 1. The Labute approximate surface area is 94.6 Å². The van der Waals surface area contributed by atoms with E-state index in [1.807, 2.05) is 0 Å². The summed E-state index contributed by atoms with van der Waals surface area (Å²) in [5.74, 6) is -0.876. The van der Waals surface area contributed by atoms with E-state index < -0.39 is 18.5 Å². The average Bonchev–Trinajstić information content (AvgIpc) is 2.10. The van der Waals surface area contributed by atoms with Crippen LogP contribution in [0.1, 0.15) is 24.4 Å². The third kappa shape index (κ3) is 6.54. The number of nitrogens with zero attached hydrogens (tertiary/aromatic N) is 1. The SMILES string of the molecule is [2H]C([2H])([2H])N=C(N)NCC(=O)OC(C)(C)CC=C. The van der Waals surface area contributed by atoms with Crippen LogP contribution in [0.3, 0.4) is 0 Å². The molecule has 0 fully saturated rings. The van der Waals surface area contributed by atoms with Crippen molar-refractivity contribution in [2.75, 3.05) is 13.5 Å². The van der Waals surface area contributed by atoms with Gasteiger partial charge in [-0.25, -0.2) is 0 Å². The Balaban J connectivity index is 4.20. The van der Waals surface area contributed by atoms with Gasteiger partial charge in [-0.1, -0.05) is 6.08 Å². The minimum Gasteiger partial charge on any atom is -0.458 e. The Kier molecular flexibility index (Phi) is 3.54. The predicted octanol–water partition coefficient (Wildman–Crippen LogP) is 0.418. The molecular formula is C10H19N3O2. The summed E-state index contributed by atoms with van der Waals surface area (Å²) in [6.07, 6.45) is 2.16. The molecule has 0 aliphatic carbocycles. The summed E-state index contributed by atoms with van der Waals surface area (Å²) >= 11 is 0. The summed E-state index contributed by atoms with van der Waals surface area (Å²) in [4.78, 5) is 14.6. The first kappa shape index (κ1) is 8.76. The number of esters is 1. The normalized spacial score (nSPS) is 15.9. The highest BCUT2D eigenvalue weighted by molar-refractivity contribution is 5.83. The van der Waals surface area contributed by atoms with Crippen LogP contribution >= 0.6 is 0 Å². The molecule has 0 heterocycles. The molecule has 0 aromatic rings. The van der Waals surface area contributed by atoms with Gasteiger partial charge in [0.2, 0.25) is 0 Å². The third-order valence-electron chi connectivity index (χ3n) is 1.56. The van der Waals surface area contributed by atoms with E-state index in [1.54, 1.807) is 19.9 Å². The lowest BCUT2D eigenvalue weighted by Gasteiger charge is -2.23. The number of carbonyl (C=O) groups excluding carboxylic acids is 1.